The molecular formula is C21H28N3NaO7S. The summed E-state index contributed by atoms with van der Waals surface area (Å²) in [5, 5.41) is 9.70. The summed E-state index contributed by atoms with van der Waals surface area (Å²) in [4.78, 5) is 41.8. The smallest absolute Gasteiger partial charge is 0.549 e. The molecule has 2 saturated carbocycles. The number of carboxylic acids is 1. The minimum Gasteiger partial charge on any atom is -0.549 e. The van der Waals surface area contributed by atoms with E-state index in [9.17, 15) is 27.9 Å². The van der Waals surface area contributed by atoms with Crippen LogP contribution in [0.25, 0.3) is 0 Å². The minimum atomic E-state index is -3.77. The van der Waals surface area contributed by atoms with Crippen molar-refractivity contribution in [3.8, 4) is 0 Å². The molecule has 3 atom stereocenters. The zero-order chi connectivity index (χ0) is 23.1. The average Bonchev–Trinajstić information content (AvgIpc) is 3.16. The van der Waals surface area contributed by atoms with Crippen LogP contribution in [0.15, 0.2) is 11.3 Å². The molecule has 2 amide bonds. The Kier molecular flexibility index (Phi) is 6.32. The fourth-order valence-corrected chi connectivity index (χ4v) is 9.95. The summed E-state index contributed by atoms with van der Waals surface area (Å²) in [7, 11) is -2.45. The molecule has 0 N–H and O–H groups in total. The summed E-state index contributed by atoms with van der Waals surface area (Å²) in [6.45, 7) is 2.85. The third-order valence-corrected chi connectivity index (χ3v) is 11.3. The van der Waals surface area contributed by atoms with Crippen molar-refractivity contribution < 1.29 is 62.2 Å². The molecule has 0 aromatic carbocycles. The van der Waals surface area contributed by atoms with Crippen LogP contribution in [0.5, 0.6) is 0 Å². The van der Waals surface area contributed by atoms with Crippen LogP contribution in [-0.4, -0.2) is 97.0 Å². The molecular weight excluding hydrogens is 461 g/mol. The Hall–Kier alpha value is -0.980. The van der Waals surface area contributed by atoms with E-state index in [1.165, 1.54) is 7.11 Å². The second kappa shape index (κ2) is 8.30. The van der Waals surface area contributed by atoms with E-state index in [1.54, 1.807) is 16.7 Å². The Morgan fingerprint density at radius 1 is 1.15 bits per heavy atom. The standard InChI is InChI=1S/C21H29N3O7S.Na/c1-13-15(17(27)23-9-7-22(8-10-23)11-14(25)26)24-18(28)16(31-2)19(24)32(29,30)21(13)12-20(21)5-3-4-6-20;/h16,19H,3-12H2,1-2H3,(H,25,26);/q;+1/p-1/t16-,19?,21?;/m0./s1. The van der Waals surface area contributed by atoms with Gasteiger partial charge >= 0.3 is 29.6 Å². The summed E-state index contributed by atoms with van der Waals surface area (Å²) in [6, 6.07) is 0. The quantitative estimate of drug-likeness (QED) is 0.286. The summed E-state index contributed by atoms with van der Waals surface area (Å²) >= 11 is 0. The number of fused-ring (bicyclic) bond motifs is 2. The third-order valence-electron chi connectivity index (χ3n) is 8.35. The van der Waals surface area contributed by atoms with Crippen LogP contribution >= 0.6 is 0 Å². The SMILES string of the molecule is CO[C@H]1C(=O)N2C(C(=O)N3CCN(CC(=O)[O-])CC3)=C(C)C3(CC34CCCC4)S(=O)(=O)C12.[Na+]. The van der Waals surface area contributed by atoms with Crippen molar-refractivity contribution in [2.45, 2.75) is 55.3 Å². The molecule has 3 heterocycles. The summed E-state index contributed by atoms with van der Waals surface area (Å²) in [5.74, 6) is -2.04. The van der Waals surface area contributed by atoms with E-state index in [1.807, 2.05) is 0 Å². The number of ether oxygens (including phenoxy) is 1. The largest absolute Gasteiger partial charge is 1.00 e. The van der Waals surface area contributed by atoms with Gasteiger partial charge in [-0.2, -0.15) is 0 Å². The van der Waals surface area contributed by atoms with Crippen LogP contribution in [0.2, 0.25) is 0 Å². The van der Waals surface area contributed by atoms with Gasteiger partial charge in [-0.1, -0.05) is 12.8 Å². The number of sulfone groups is 1. The van der Waals surface area contributed by atoms with Gasteiger partial charge in [-0.05, 0) is 37.2 Å². The predicted molar refractivity (Wildman–Crippen MR) is 109 cm³/mol. The molecule has 5 rings (SSSR count). The number of rotatable bonds is 4. The number of β-lactam (4-membered cyclic amide) rings is 1. The number of amides is 2. The Balaban J connectivity index is 0.00000259. The Bertz CT molecular complexity index is 1030. The molecule has 0 aromatic heterocycles. The second-order valence-electron chi connectivity index (χ2n) is 9.71. The zero-order valence-corrected chi connectivity index (χ0v) is 22.1. The molecule has 4 fully saturated rings. The van der Waals surface area contributed by atoms with Crippen LogP contribution in [0, 0.1) is 5.41 Å². The molecule has 5 aliphatic rings. The predicted octanol–water partition coefficient (Wildman–Crippen LogP) is -4.53. The number of nitrogens with zero attached hydrogens (tertiary/aromatic N) is 3. The first-order valence-electron chi connectivity index (χ1n) is 11.1. The number of aliphatic carboxylic acids is 1. The van der Waals surface area contributed by atoms with Crippen molar-refractivity contribution in [2.24, 2.45) is 5.41 Å². The molecule has 2 spiro atoms. The monoisotopic (exact) mass is 489 g/mol. The van der Waals surface area contributed by atoms with Gasteiger partial charge in [0.15, 0.2) is 21.3 Å². The molecule has 3 aliphatic heterocycles. The van der Waals surface area contributed by atoms with E-state index in [2.05, 4.69) is 0 Å². The maximum absolute atomic E-state index is 13.8. The Morgan fingerprint density at radius 3 is 2.30 bits per heavy atom. The number of hydrogen-bond donors (Lipinski definition) is 0. The second-order valence-corrected chi connectivity index (χ2v) is 12.0. The molecule has 2 aliphatic carbocycles. The van der Waals surface area contributed by atoms with E-state index >= 15 is 0 Å². The maximum Gasteiger partial charge on any atom is 1.00 e. The van der Waals surface area contributed by atoms with Crippen molar-refractivity contribution >= 4 is 27.6 Å². The van der Waals surface area contributed by atoms with Gasteiger partial charge in [-0.3, -0.25) is 19.4 Å². The molecule has 2 saturated heterocycles. The van der Waals surface area contributed by atoms with E-state index in [4.69, 9.17) is 4.74 Å². The summed E-state index contributed by atoms with van der Waals surface area (Å²) < 4.78 is 31.8. The maximum atomic E-state index is 13.8. The normalized spacial score (nSPS) is 34.2. The number of piperazine rings is 1. The first-order valence-corrected chi connectivity index (χ1v) is 12.7. The van der Waals surface area contributed by atoms with Crippen LogP contribution < -0.4 is 34.7 Å². The Labute approximate surface area is 215 Å². The number of hydrogen-bond acceptors (Lipinski definition) is 8. The fraction of sp³-hybridized carbons (Fsp3) is 0.762. The van der Waals surface area contributed by atoms with Gasteiger partial charge < -0.3 is 19.5 Å². The van der Waals surface area contributed by atoms with Crippen LogP contribution in [0.1, 0.15) is 39.0 Å². The number of carbonyl (C=O) groups excluding carboxylic acids is 3. The van der Waals surface area contributed by atoms with Crippen molar-refractivity contribution in [3.05, 3.63) is 11.3 Å². The molecule has 176 valence electrons. The number of carbonyl (C=O) groups is 3. The fourth-order valence-electron chi connectivity index (χ4n) is 6.69. The van der Waals surface area contributed by atoms with Gasteiger partial charge in [0.2, 0.25) is 0 Å². The van der Waals surface area contributed by atoms with Crippen molar-refractivity contribution in [1.29, 1.82) is 0 Å². The zero-order valence-electron chi connectivity index (χ0n) is 19.3. The van der Waals surface area contributed by atoms with Gasteiger partial charge in [-0.25, -0.2) is 8.42 Å². The van der Waals surface area contributed by atoms with Crippen LogP contribution in [0.3, 0.4) is 0 Å². The van der Waals surface area contributed by atoms with Crippen LogP contribution in [0.4, 0.5) is 0 Å². The molecule has 0 bridgehead atoms. The summed E-state index contributed by atoms with van der Waals surface area (Å²) in [5.41, 5.74) is 0.318. The van der Waals surface area contributed by atoms with E-state index in [0.29, 0.717) is 38.2 Å². The van der Waals surface area contributed by atoms with Gasteiger partial charge in [0.1, 0.15) is 10.4 Å². The van der Waals surface area contributed by atoms with Crippen LogP contribution in [-0.2, 0) is 29.0 Å². The van der Waals surface area contributed by atoms with E-state index in [0.717, 1.165) is 30.6 Å². The van der Waals surface area contributed by atoms with Crippen molar-refractivity contribution in [1.82, 2.24) is 14.7 Å². The van der Waals surface area contributed by atoms with Gasteiger partial charge in [0, 0.05) is 39.8 Å². The first kappa shape index (κ1) is 25.1. The molecule has 2 unspecified atom stereocenters. The number of methoxy groups -OCH3 is 1. The van der Waals surface area contributed by atoms with Crippen molar-refractivity contribution in [2.75, 3.05) is 39.8 Å². The number of carboxylic acid groups (broad SMARTS) is 1. The molecule has 0 radical (unpaired) electrons. The molecule has 10 nitrogen and oxygen atoms in total. The van der Waals surface area contributed by atoms with E-state index in [-0.39, 0.29) is 53.1 Å². The molecule has 12 heteroatoms. The Morgan fingerprint density at radius 2 is 1.76 bits per heavy atom. The topological polar surface area (TPSA) is 127 Å². The van der Waals surface area contributed by atoms with Crippen molar-refractivity contribution in [3.63, 3.8) is 0 Å². The van der Waals surface area contributed by atoms with Gasteiger partial charge in [0.25, 0.3) is 11.8 Å². The third kappa shape index (κ3) is 3.22. The minimum absolute atomic E-state index is 0. The average molecular weight is 490 g/mol. The first-order chi connectivity index (χ1) is 15.1. The van der Waals surface area contributed by atoms with E-state index < -0.39 is 37.9 Å². The van der Waals surface area contributed by atoms with Gasteiger partial charge in [-0.15, -0.1) is 0 Å². The molecule has 33 heavy (non-hydrogen) atoms. The summed E-state index contributed by atoms with van der Waals surface area (Å²) in [6.07, 6.45) is 2.96. The molecule has 0 aromatic rings. The van der Waals surface area contributed by atoms with Gasteiger partial charge in [0.05, 0.1) is 5.97 Å².